The summed E-state index contributed by atoms with van der Waals surface area (Å²) in [6, 6.07) is 21.1. The van der Waals surface area contributed by atoms with Gasteiger partial charge in [0.15, 0.2) is 5.11 Å². The van der Waals surface area contributed by atoms with Gasteiger partial charge in [-0.05, 0) is 98.6 Å². The molecule has 5 nitrogen and oxygen atoms in total. The summed E-state index contributed by atoms with van der Waals surface area (Å²) in [7, 11) is 0. The first-order valence-corrected chi connectivity index (χ1v) is 12.1. The number of rotatable bonds is 5. The minimum Gasteiger partial charge on any atom is -0.351 e. The van der Waals surface area contributed by atoms with Crippen LogP contribution in [-0.4, -0.2) is 19.6 Å². The number of benzene rings is 1. The van der Waals surface area contributed by atoms with Gasteiger partial charge in [-0.15, -0.1) is 0 Å². The summed E-state index contributed by atoms with van der Waals surface area (Å²) in [5, 5.41) is 4.28. The van der Waals surface area contributed by atoms with Crippen LogP contribution in [0.2, 0.25) is 0 Å². The molecule has 5 rings (SSSR count). The topological polar surface area (TPSA) is 46.0 Å². The quantitative estimate of drug-likeness (QED) is 0.369. The number of hydrogen-bond donors (Lipinski definition) is 1. The van der Waals surface area contributed by atoms with E-state index in [0.717, 1.165) is 35.0 Å². The van der Waals surface area contributed by atoms with Crippen molar-refractivity contribution in [2.24, 2.45) is 0 Å². The molecule has 1 aliphatic rings. The second-order valence-corrected chi connectivity index (χ2v) is 9.26. The van der Waals surface area contributed by atoms with E-state index in [-0.39, 0.29) is 12.1 Å². The van der Waals surface area contributed by atoms with Gasteiger partial charge < -0.3 is 14.8 Å². The molecule has 0 amide bonds. The summed E-state index contributed by atoms with van der Waals surface area (Å²) < 4.78 is 2.23. The molecule has 0 unspecified atom stereocenters. The molecule has 34 heavy (non-hydrogen) atoms. The minimum absolute atomic E-state index is 0.0420. The summed E-state index contributed by atoms with van der Waals surface area (Å²) in [6.07, 6.45) is 4.72. The fourth-order valence-corrected chi connectivity index (χ4v) is 5.27. The van der Waals surface area contributed by atoms with Crippen LogP contribution >= 0.6 is 12.2 Å². The zero-order valence-corrected chi connectivity index (χ0v) is 20.8. The van der Waals surface area contributed by atoms with Crippen LogP contribution in [0.5, 0.6) is 0 Å². The monoisotopic (exact) mass is 467 g/mol. The molecule has 1 aliphatic heterocycles. The van der Waals surface area contributed by atoms with Crippen molar-refractivity contribution in [1.82, 2.24) is 19.9 Å². The molecule has 2 atom stereocenters. The van der Waals surface area contributed by atoms with Crippen molar-refractivity contribution < 1.29 is 0 Å². The van der Waals surface area contributed by atoms with E-state index < -0.39 is 0 Å². The highest BCUT2D eigenvalue weighted by Crippen LogP contribution is 2.43. The highest BCUT2D eigenvalue weighted by Gasteiger charge is 2.42. The van der Waals surface area contributed by atoms with Gasteiger partial charge in [0, 0.05) is 29.5 Å². The van der Waals surface area contributed by atoms with Gasteiger partial charge in [0.05, 0.1) is 17.8 Å². The van der Waals surface area contributed by atoms with Crippen molar-refractivity contribution in [3.8, 4) is 5.82 Å². The SMILES string of the molecule is CCc1ccc(N2C(=S)N[C@@H](c3ccccn3)[C@H]2c2cc(C)n(-c3cc(C)ccn3)c2C)cc1. The van der Waals surface area contributed by atoms with Gasteiger partial charge >= 0.3 is 0 Å². The van der Waals surface area contributed by atoms with E-state index in [1.165, 1.54) is 16.7 Å². The molecule has 1 aromatic carbocycles. The summed E-state index contributed by atoms with van der Waals surface area (Å²) >= 11 is 5.90. The van der Waals surface area contributed by atoms with Crippen LogP contribution in [-0.2, 0) is 6.42 Å². The molecule has 1 fully saturated rings. The van der Waals surface area contributed by atoms with E-state index in [9.17, 15) is 0 Å². The fourth-order valence-electron chi connectivity index (χ4n) is 4.92. The maximum Gasteiger partial charge on any atom is 0.174 e. The van der Waals surface area contributed by atoms with Gasteiger partial charge in [-0.1, -0.05) is 25.1 Å². The normalized spacial score (nSPS) is 17.8. The Labute approximate surface area is 206 Å². The van der Waals surface area contributed by atoms with Gasteiger partial charge in [0.25, 0.3) is 0 Å². The molecule has 172 valence electrons. The number of anilines is 1. The molecule has 1 saturated heterocycles. The van der Waals surface area contributed by atoms with E-state index in [1.807, 2.05) is 30.6 Å². The molecule has 4 aromatic rings. The van der Waals surface area contributed by atoms with Crippen molar-refractivity contribution >= 4 is 23.0 Å². The van der Waals surface area contributed by atoms with Crippen molar-refractivity contribution in [1.29, 1.82) is 0 Å². The first-order chi connectivity index (χ1) is 16.5. The maximum absolute atomic E-state index is 5.90. The third-order valence-electron chi connectivity index (χ3n) is 6.64. The molecular formula is C28H29N5S. The van der Waals surface area contributed by atoms with Gasteiger partial charge in [-0.25, -0.2) is 4.98 Å². The minimum atomic E-state index is -0.0704. The first-order valence-electron chi connectivity index (χ1n) is 11.7. The van der Waals surface area contributed by atoms with Crippen molar-refractivity contribution in [3.05, 3.63) is 107 Å². The Morgan fingerprint density at radius 2 is 1.74 bits per heavy atom. The predicted octanol–water partition coefficient (Wildman–Crippen LogP) is 5.93. The Kier molecular flexibility index (Phi) is 5.92. The third-order valence-corrected chi connectivity index (χ3v) is 6.95. The largest absolute Gasteiger partial charge is 0.351 e. The average Bonchev–Trinajstić information content (AvgIpc) is 3.34. The zero-order chi connectivity index (χ0) is 23.8. The zero-order valence-electron chi connectivity index (χ0n) is 20.0. The second-order valence-electron chi connectivity index (χ2n) is 8.87. The summed E-state index contributed by atoms with van der Waals surface area (Å²) in [5.74, 6) is 0.933. The van der Waals surface area contributed by atoms with E-state index in [1.54, 1.807) is 0 Å². The Bertz CT molecular complexity index is 1330. The maximum atomic E-state index is 5.90. The lowest BCUT2D eigenvalue weighted by Crippen LogP contribution is -2.29. The van der Waals surface area contributed by atoms with E-state index in [2.05, 4.69) is 94.9 Å². The van der Waals surface area contributed by atoms with E-state index >= 15 is 0 Å². The standard InChI is InChI=1S/C28H29N5S/c1-5-21-9-11-22(12-10-21)33-27(26(31-28(33)34)24-8-6-7-14-29-24)23-17-19(3)32(20(23)4)25-16-18(2)13-15-30-25/h6-17,26-27H,5H2,1-4H3,(H,31,34)/t26-,27+/m0/s1. The summed E-state index contributed by atoms with van der Waals surface area (Å²) in [6.45, 7) is 8.57. The fraction of sp³-hybridized carbons (Fsp3) is 0.250. The Morgan fingerprint density at radius 3 is 2.41 bits per heavy atom. The highest BCUT2D eigenvalue weighted by molar-refractivity contribution is 7.80. The molecule has 0 bridgehead atoms. The van der Waals surface area contributed by atoms with Gasteiger partial charge in [-0.3, -0.25) is 4.98 Å². The lowest BCUT2D eigenvalue weighted by molar-refractivity contribution is 0.565. The van der Waals surface area contributed by atoms with E-state index in [0.29, 0.717) is 5.11 Å². The number of aryl methyl sites for hydroxylation is 3. The molecule has 3 aromatic heterocycles. The lowest BCUT2D eigenvalue weighted by atomic mass is 9.96. The molecule has 0 aliphatic carbocycles. The molecule has 0 spiro atoms. The van der Waals surface area contributed by atoms with Crippen LogP contribution in [0.1, 0.15) is 52.8 Å². The van der Waals surface area contributed by atoms with Crippen molar-refractivity contribution in [2.45, 2.75) is 46.2 Å². The van der Waals surface area contributed by atoms with Crippen LogP contribution in [0, 0.1) is 20.8 Å². The van der Waals surface area contributed by atoms with E-state index in [4.69, 9.17) is 12.2 Å². The van der Waals surface area contributed by atoms with Crippen molar-refractivity contribution in [2.75, 3.05) is 4.90 Å². The third kappa shape index (κ3) is 3.88. The first kappa shape index (κ1) is 22.3. The van der Waals surface area contributed by atoms with Crippen LogP contribution in [0.3, 0.4) is 0 Å². The number of nitrogens with zero attached hydrogens (tertiary/aromatic N) is 4. The van der Waals surface area contributed by atoms with Gasteiger partial charge in [0.2, 0.25) is 0 Å². The Morgan fingerprint density at radius 1 is 0.941 bits per heavy atom. The van der Waals surface area contributed by atoms with Crippen molar-refractivity contribution in [3.63, 3.8) is 0 Å². The molecule has 0 saturated carbocycles. The van der Waals surface area contributed by atoms with Gasteiger partial charge in [-0.2, -0.15) is 0 Å². The molecule has 0 radical (unpaired) electrons. The second kappa shape index (κ2) is 9.03. The summed E-state index contributed by atoms with van der Waals surface area (Å²) in [4.78, 5) is 11.6. The number of aromatic nitrogens is 3. The number of thiocarbonyl (C=S) groups is 1. The van der Waals surface area contributed by atoms with Crippen LogP contribution in [0.4, 0.5) is 5.69 Å². The molecule has 4 heterocycles. The van der Waals surface area contributed by atoms with Crippen LogP contribution in [0.15, 0.2) is 73.1 Å². The predicted molar refractivity (Wildman–Crippen MR) is 142 cm³/mol. The summed E-state index contributed by atoms with van der Waals surface area (Å²) in [5.41, 5.74) is 8.06. The Hall–Kier alpha value is -3.51. The van der Waals surface area contributed by atoms with Gasteiger partial charge in [0.1, 0.15) is 5.82 Å². The van der Waals surface area contributed by atoms with Crippen LogP contribution < -0.4 is 10.2 Å². The highest BCUT2D eigenvalue weighted by atomic mass is 32.1. The average molecular weight is 468 g/mol. The number of nitrogens with one attached hydrogen (secondary N) is 1. The molecule has 6 heteroatoms. The molecular weight excluding hydrogens is 438 g/mol. The molecule has 1 N–H and O–H groups in total. The number of pyridine rings is 2. The smallest absolute Gasteiger partial charge is 0.174 e. The number of hydrogen-bond acceptors (Lipinski definition) is 3. The lowest BCUT2D eigenvalue weighted by Gasteiger charge is -2.28. The van der Waals surface area contributed by atoms with Crippen LogP contribution in [0.25, 0.3) is 5.82 Å². The Balaban J connectivity index is 1.67.